The largest absolute Gasteiger partial charge is 0.454 e. The van der Waals surface area contributed by atoms with Gasteiger partial charge in [0.05, 0.1) is 18.8 Å². The number of nitrogens with two attached hydrogens (primary N) is 1. The number of aromatic nitrogens is 1. The molecular formula is C14H20N6O2S. The maximum Gasteiger partial charge on any atom is 0.284 e. The van der Waals surface area contributed by atoms with Crippen LogP contribution in [0.1, 0.15) is 22.0 Å². The van der Waals surface area contributed by atoms with Crippen molar-refractivity contribution < 1.29 is 9.21 Å². The Morgan fingerprint density at radius 3 is 2.70 bits per heavy atom. The first-order valence-corrected chi connectivity index (χ1v) is 7.82. The minimum atomic E-state index is -0.584. The molecule has 0 bridgehead atoms. The Bertz CT molecular complexity index is 691. The van der Waals surface area contributed by atoms with E-state index in [4.69, 9.17) is 10.2 Å². The number of carbonyl (C=O) groups is 1. The van der Waals surface area contributed by atoms with Gasteiger partial charge in [-0.15, -0.1) is 11.3 Å². The van der Waals surface area contributed by atoms with Crippen LogP contribution in [0.15, 0.2) is 26.9 Å². The molecule has 4 N–H and O–H groups in total. The van der Waals surface area contributed by atoms with Gasteiger partial charge in [0.1, 0.15) is 5.76 Å². The lowest BCUT2D eigenvalue weighted by atomic mass is 10.4. The lowest BCUT2D eigenvalue weighted by molar-refractivity contribution is 0.0972. The molecular weight excluding hydrogens is 316 g/mol. The summed E-state index contributed by atoms with van der Waals surface area (Å²) in [6.45, 7) is 0.960. The fourth-order valence-electron chi connectivity index (χ4n) is 1.75. The van der Waals surface area contributed by atoms with Gasteiger partial charge in [-0.1, -0.05) is 0 Å². The second-order valence-corrected chi connectivity index (χ2v) is 5.76. The lowest BCUT2D eigenvalue weighted by Crippen LogP contribution is -2.36. The molecule has 0 radical (unpaired) electrons. The van der Waals surface area contributed by atoms with Crippen LogP contribution in [-0.4, -0.2) is 38.0 Å². The highest BCUT2D eigenvalue weighted by atomic mass is 32.1. The molecule has 2 aromatic heterocycles. The van der Waals surface area contributed by atoms with Crippen LogP contribution in [0, 0.1) is 0 Å². The number of primary amides is 1. The molecule has 0 spiro atoms. The number of rotatable bonds is 6. The number of nitrogens with one attached hydrogen (secondary N) is 2. The van der Waals surface area contributed by atoms with Crippen LogP contribution >= 0.6 is 11.3 Å². The number of amides is 1. The number of carbonyl (C=O) groups excluding carboxylic acids is 1. The highest BCUT2D eigenvalue weighted by Gasteiger charge is 2.08. The quantitative estimate of drug-likeness (QED) is 0.531. The van der Waals surface area contributed by atoms with E-state index >= 15 is 0 Å². The maximum atomic E-state index is 11.0. The van der Waals surface area contributed by atoms with Crippen molar-refractivity contribution in [3.8, 4) is 0 Å². The third-order valence-corrected chi connectivity index (χ3v) is 3.97. The van der Waals surface area contributed by atoms with Gasteiger partial charge in [0.2, 0.25) is 0 Å². The Hall–Kier alpha value is -2.55. The van der Waals surface area contributed by atoms with E-state index in [0.29, 0.717) is 24.8 Å². The second-order valence-electron chi connectivity index (χ2n) is 4.93. The summed E-state index contributed by atoms with van der Waals surface area (Å²) in [5.74, 6) is 0.772. The molecule has 8 nitrogen and oxygen atoms in total. The second kappa shape index (κ2) is 7.63. The number of hydrogen-bond acceptors (Lipinski definition) is 6. The first-order chi connectivity index (χ1) is 11.0. The maximum absolute atomic E-state index is 11.0. The monoisotopic (exact) mass is 336 g/mol. The minimum absolute atomic E-state index is 0.142. The van der Waals surface area contributed by atoms with Crippen LogP contribution in [0.5, 0.6) is 0 Å². The standard InChI is InChI=1S/C14H20N6O2S/c1-16-13(17-6-9-8-23-14(19-9)20(2)3)18-7-10-4-5-11(22-10)12(15)21/h4-5,8H,6-7H2,1-3H3,(H2,15,21)(H2,16,17,18). The molecule has 0 aliphatic carbocycles. The van der Waals surface area contributed by atoms with Crippen LogP contribution in [0.2, 0.25) is 0 Å². The van der Waals surface area contributed by atoms with Gasteiger partial charge in [0.25, 0.3) is 5.91 Å². The summed E-state index contributed by atoms with van der Waals surface area (Å²) >= 11 is 1.59. The summed E-state index contributed by atoms with van der Waals surface area (Å²) < 4.78 is 5.30. The Kier molecular flexibility index (Phi) is 5.58. The van der Waals surface area contributed by atoms with Gasteiger partial charge < -0.3 is 25.7 Å². The third-order valence-electron chi connectivity index (χ3n) is 2.92. The van der Waals surface area contributed by atoms with Gasteiger partial charge >= 0.3 is 0 Å². The molecule has 0 aromatic carbocycles. The van der Waals surface area contributed by atoms with E-state index in [9.17, 15) is 4.79 Å². The van der Waals surface area contributed by atoms with Gasteiger partial charge in [-0.05, 0) is 12.1 Å². The summed E-state index contributed by atoms with van der Waals surface area (Å²) in [4.78, 5) is 21.6. The molecule has 0 saturated heterocycles. The topological polar surface area (TPSA) is 109 Å². The van der Waals surface area contributed by atoms with Crippen molar-refractivity contribution in [3.63, 3.8) is 0 Å². The number of hydrogen-bond donors (Lipinski definition) is 3. The van der Waals surface area contributed by atoms with Crippen LogP contribution in [0.25, 0.3) is 0 Å². The smallest absolute Gasteiger partial charge is 0.284 e. The van der Waals surface area contributed by atoms with Gasteiger partial charge in [0.15, 0.2) is 16.9 Å². The van der Waals surface area contributed by atoms with Crippen molar-refractivity contribution in [2.75, 3.05) is 26.0 Å². The normalized spacial score (nSPS) is 11.3. The predicted molar refractivity (Wildman–Crippen MR) is 90.7 cm³/mol. The van der Waals surface area contributed by atoms with Crippen molar-refractivity contribution in [2.45, 2.75) is 13.1 Å². The lowest BCUT2D eigenvalue weighted by Gasteiger charge is -2.10. The van der Waals surface area contributed by atoms with E-state index in [2.05, 4.69) is 20.6 Å². The number of aliphatic imine (C=N–C) groups is 1. The number of nitrogens with zero attached hydrogens (tertiary/aromatic N) is 3. The Balaban J connectivity index is 1.84. The molecule has 0 aliphatic heterocycles. The summed E-state index contributed by atoms with van der Waals surface area (Å²) in [5.41, 5.74) is 6.09. The van der Waals surface area contributed by atoms with E-state index < -0.39 is 5.91 Å². The van der Waals surface area contributed by atoms with Gasteiger partial charge in [0, 0.05) is 26.5 Å². The van der Waals surface area contributed by atoms with Crippen molar-refractivity contribution >= 4 is 28.3 Å². The van der Waals surface area contributed by atoms with Crippen LogP contribution in [0.4, 0.5) is 5.13 Å². The molecule has 0 saturated carbocycles. The van der Waals surface area contributed by atoms with Crippen molar-refractivity contribution in [3.05, 3.63) is 34.7 Å². The van der Waals surface area contributed by atoms with Crippen LogP contribution < -0.4 is 21.3 Å². The van der Waals surface area contributed by atoms with Crippen molar-refractivity contribution in [2.24, 2.45) is 10.7 Å². The molecule has 9 heteroatoms. The summed E-state index contributed by atoms with van der Waals surface area (Å²) in [7, 11) is 5.60. The van der Waals surface area contributed by atoms with Gasteiger partial charge in [-0.3, -0.25) is 9.79 Å². The van der Waals surface area contributed by atoms with E-state index in [-0.39, 0.29) is 5.76 Å². The molecule has 2 heterocycles. The van der Waals surface area contributed by atoms with Gasteiger partial charge in [-0.25, -0.2) is 4.98 Å². The highest BCUT2D eigenvalue weighted by molar-refractivity contribution is 7.13. The number of guanidine groups is 1. The van der Waals surface area contributed by atoms with E-state index in [1.54, 1.807) is 30.5 Å². The zero-order chi connectivity index (χ0) is 16.8. The first kappa shape index (κ1) is 16.8. The molecule has 2 aromatic rings. The summed E-state index contributed by atoms with van der Waals surface area (Å²) in [6, 6.07) is 3.25. The number of thiazole rings is 1. The molecule has 0 fully saturated rings. The average Bonchev–Trinajstić information content (AvgIpc) is 3.16. The Labute approximate surface area is 138 Å². The minimum Gasteiger partial charge on any atom is -0.454 e. The fourth-order valence-corrected chi connectivity index (χ4v) is 2.51. The molecule has 0 aliphatic rings. The van der Waals surface area contributed by atoms with Crippen molar-refractivity contribution in [1.29, 1.82) is 0 Å². The molecule has 0 unspecified atom stereocenters. The van der Waals surface area contributed by atoms with E-state index in [1.807, 2.05) is 24.4 Å². The first-order valence-electron chi connectivity index (χ1n) is 6.94. The predicted octanol–water partition coefficient (Wildman–Crippen LogP) is 0.766. The summed E-state index contributed by atoms with van der Waals surface area (Å²) in [5, 5.41) is 9.22. The molecule has 23 heavy (non-hydrogen) atoms. The van der Waals surface area contributed by atoms with Crippen molar-refractivity contribution in [1.82, 2.24) is 15.6 Å². The molecule has 0 atom stereocenters. The zero-order valence-electron chi connectivity index (χ0n) is 13.3. The van der Waals surface area contributed by atoms with Crippen LogP contribution in [-0.2, 0) is 13.1 Å². The van der Waals surface area contributed by atoms with E-state index in [1.165, 1.54) is 0 Å². The van der Waals surface area contributed by atoms with Crippen LogP contribution in [0.3, 0.4) is 0 Å². The summed E-state index contributed by atoms with van der Waals surface area (Å²) in [6.07, 6.45) is 0. The molecule has 124 valence electrons. The Morgan fingerprint density at radius 1 is 1.39 bits per heavy atom. The third kappa shape index (κ3) is 4.71. The van der Waals surface area contributed by atoms with E-state index in [0.717, 1.165) is 10.8 Å². The molecule has 2 rings (SSSR count). The van der Waals surface area contributed by atoms with Gasteiger partial charge in [-0.2, -0.15) is 0 Å². The Morgan fingerprint density at radius 2 is 2.13 bits per heavy atom. The number of anilines is 1. The zero-order valence-corrected chi connectivity index (χ0v) is 14.1. The highest BCUT2D eigenvalue weighted by Crippen LogP contribution is 2.17. The fraction of sp³-hybridized carbons (Fsp3) is 0.357. The molecule has 1 amide bonds. The SMILES string of the molecule is CN=C(NCc1csc(N(C)C)n1)NCc1ccc(C(N)=O)o1. The number of furan rings is 1. The average molecular weight is 336 g/mol.